The third-order valence-electron chi connectivity index (χ3n) is 2.64. The smallest absolute Gasteiger partial charge is 0.193 e. The van der Waals surface area contributed by atoms with Crippen LogP contribution in [0.5, 0.6) is 0 Å². The summed E-state index contributed by atoms with van der Waals surface area (Å²) in [4.78, 5) is 10.9. The number of halogens is 1. The van der Waals surface area contributed by atoms with Gasteiger partial charge in [0.05, 0.1) is 17.2 Å². The van der Waals surface area contributed by atoms with Gasteiger partial charge >= 0.3 is 0 Å². The van der Waals surface area contributed by atoms with Gasteiger partial charge in [0.2, 0.25) is 0 Å². The van der Waals surface area contributed by atoms with Crippen molar-refractivity contribution in [2.75, 3.05) is 20.6 Å². The first-order chi connectivity index (χ1) is 8.52. The van der Waals surface area contributed by atoms with Crippen LogP contribution in [-0.4, -0.2) is 36.5 Å². The summed E-state index contributed by atoms with van der Waals surface area (Å²) in [5, 5.41) is 6.60. The summed E-state index contributed by atoms with van der Waals surface area (Å²) in [7, 11) is 3.86. The van der Waals surface area contributed by atoms with Gasteiger partial charge in [-0.05, 0) is 19.3 Å². The molecule has 0 aliphatic rings. The maximum atomic E-state index is 4.47. The van der Waals surface area contributed by atoms with Crippen LogP contribution in [0.2, 0.25) is 0 Å². The lowest BCUT2D eigenvalue weighted by molar-refractivity contribution is 0.464. The molecular formula is C13H25IN4S. The minimum Gasteiger partial charge on any atom is -0.356 e. The Morgan fingerprint density at radius 3 is 2.68 bits per heavy atom. The highest BCUT2D eigenvalue weighted by atomic mass is 127. The van der Waals surface area contributed by atoms with Gasteiger partial charge in [-0.2, -0.15) is 0 Å². The molecule has 0 atom stereocenters. The zero-order valence-electron chi connectivity index (χ0n) is 12.4. The number of guanidine groups is 1. The molecule has 1 aromatic rings. The molecule has 6 heteroatoms. The fraction of sp³-hybridized carbons (Fsp3) is 0.692. The van der Waals surface area contributed by atoms with E-state index in [4.69, 9.17) is 0 Å². The van der Waals surface area contributed by atoms with Crippen molar-refractivity contribution < 1.29 is 0 Å². The van der Waals surface area contributed by atoms with Gasteiger partial charge in [0.25, 0.3) is 0 Å². The number of aliphatic imine (C=N–C) groups is 1. The number of rotatable bonds is 5. The fourth-order valence-corrected chi connectivity index (χ4v) is 2.26. The van der Waals surface area contributed by atoms with Gasteiger partial charge in [0, 0.05) is 26.0 Å². The molecule has 4 nitrogen and oxygen atoms in total. The van der Waals surface area contributed by atoms with Gasteiger partial charge in [-0.15, -0.1) is 35.3 Å². The average molecular weight is 396 g/mol. The van der Waals surface area contributed by atoms with E-state index in [1.54, 1.807) is 11.3 Å². The molecular weight excluding hydrogens is 371 g/mol. The molecule has 1 heterocycles. The Bertz CT molecular complexity index is 390. The zero-order valence-corrected chi connectivity index (χ0v) is 15.6. The van der Waals surface area contributed by atoms with Crippen molar-refractivity contribution in [3.63, 3.8) is 0 Å². The molecule has 0 aliphatic heterocycles. The van der Waals surface area contributed by atoms with E-state index in [0.29, 0.717) is 5.92 Å². The summed E-state index contributed by atoms with van der Waals surface area (Å²) in [6.07, 6.45) is 1.16. The highest BCUT2D eigenvalue weighted by Crippen LogP contribution is 2.09. The molecule has 1 rings (SSSR count). The van der Waals surface area contributed by atoms with Crippen molar-refractivity contribution in [2.24, 2.45) is 10.9 Å². The molecule has 0 amide bonds. The molecule has 0 radical (unpaired) electrons. The van der Waals surface area contributed by atoms with E-state index in [1.807, 2.05) is 21.0 Å². The van der Waals surface area contributed by atoms with Crippen molar-refractivity contribution in [1.29, 1.82) is 0 Å². The Morgan fingerprint density at radius 2 is 2.21 bits per heavy atom. The number of nitrogens with one attached hydrogen (secondary N) is 1. The van der Waals surface area contributed by atoms with E-state index in [9.17, 15) is 0 Å². The lowest BCUT2D eigenvalue weighted by Crippen LogP contribution is -2.39. The van der Waals surface area contributed by atoms with Crippen LogP contribution in [-0.2, 0) is 6.54 Å². The van der Waals surface area contributed by atoms with Crippen LogP contribution in [0.4, 0.5) is 0 Å². The van der Waals surface area contributed by atoms with Crippen LogP contribution in [0.1, 0.15) is 31.0 Å². The van der Waals surface area contributed by atoms with E-state index >= 15 is 0 Å². The molecule has 0 aromatic carbocycles. The van der Waals surface area contributed by atoms with Crippen molar-refractivity contribution in [2.45, 2.75) is 33.7 Å². The SMILES string of the molecule is CN=C(NCCC(C)C)N(C)Cc1csc(C)n1.I. The quantitative estimate of drug-likeness (QED) is 0.472. The van der Waals surface area contributed by atoms with Crippen molar-refractivity contribution in [3.05, 3.63) is 16.1 Å². The van der Waals surface area contributed by atoms with E-state index in [-0.39, 0.29) is 24.0 Å². The van der Waals surface area contributed by atoms with E-state index in [1.165, 1.54) is 0 Å². The summed E-state index contributed by atoms with van der Waals surface area (Å²) >= 11 is 1.69. The second kappa shape index (κ2) is 9.52. The van der Waals surface area contributed by atoms with E-state index < -0.39 is 0 Å². The van der Waals surface area contributed by atoms with Crippen LogP contribution in [0.3, 0.4) is 0 Å². The molecule has 0 fully saturated rings. The first-order valence-corrected chi connectivity index (χ1v) is 7.23. The number of thiazole rings is 1. The van der Waals surface area contributed by atoms with Gasteiger partial charge in [-0.1, -0.05) is 13.8 Å². The third kappa shape index (κ3) is 7.10. The number of aryl methyl sites for hydroxylation is 1. The third-order valence-corrected chi connectivity index (χ3v) is 3.47. The highest BCUT2D eigenvalue weighted by molar-refractivity contribution is 14.0. The lowest BCUT2D eigenvalue weighted by Gasteiger charge is -2.21. The highest BCUT2D eigenvalue weighted by Gasteiger charge is 2.08. The summed E-state index contributed by atoms with van der Waals surface area (Å²) in [5.41, 5.74) is 1.10. The molecule has 0 bridgehead atoms. The fourth-order valence-electron chi connectivity index (χ4n) is 1.66. The van der Waals surface area contributed by atoms with Gasteiger partial charge < -0.3 is 10.2 Å². The molecule has 1 N–H and O–H groups in total. The number of aromatic nitrogens is 1. The molecule has 0 spiro atoms. The van der Waals surface area contributed by atoms with Crippen LogP contribution in [0.15, 0.2) is 10.4 Å². The Hall–Kier alpha value is -0.370. The molecule has 19 heavy (non-hydrogen) atoms. The maximum Gasteiger partial charge on any atom is 0.193 e. The topological polar surface area (TPSA) is 40.5 Å². The van der Waals surface area contributed by atoms with Crippen molar-refractivity contribution in [1.82, 2.24) is 15.2 Å². The molecule has 0 saturated carbocycles. The Kier molecular flexibility index (Phi) is 9.34. The maximum absolute atomic E-state index is 4.47. The first kappa shape index (κ1) is 18.6. The normalized spacial score (nSPS) is 11.4. The molecule has 0 saturated heterocycles. The summed E-state index contributed by atoms with van der Waals surface area (Å²) < 4.78 is 0. The predicted molar refractivity (Wildman–Crippen MR) is 94.5 cm³/mol. The van der Waals surface area contributed by atoms with Gasteiger partial charge in [-0.3, -0.25) is 4.99 Å². The largest absolute Gasteiger partial charge is 0.356 e. The van der Waals surface area contributed by atoms with Gasteiger partial charge in [-0.25, -0.2) is 4.98 Å². The second-order valence-electron chi connectivity index (χ2n) is 4.87. The van der Waals surface area contributed by atoms with Crippen molar-refractivity contribution in [3.8, 4) is 0 Å². The predicted octanol–water partition coefficient (Wildman–Crippen LogP) is 3.12. The average Bonchev–Trinajstić information content (AvgIpc) is 2.69. The van der Waals surface area contributed by atoms with E-state index in [2.05, 4.69) is 39.4 Å². The number of hydrogen-bond acceptors (Lipinski definition) is 3. The minimum atomic E-state index is 0. The monoisotopic (exact) mass is 396 g/mol. The van der Waals surface area contributed by atoms with Crippen LogP contribution < -0.4 is 5.32 Å². The van der Waals surface area contributed by atoms with Crippen LogP contribution in [0.25, 0.3) is 0 Å². The first-order valence-electron chi connectivity index (χ1n) is 6.35. The lowest BCUT2D eigenvalue weighted by atomic mass is 10.1. The molecule has 110 valence electrons. The summed E-state index contributed by atoms with van der Waals surface area (Å²) in [6, 6.07) is 0. The number of nitrogens with zero attached hydrogens (tertiary/aromatic N) is 3. The Labute approximate surface area is 137 Å². The summed E-state index contributed by atoms with van der Waals surface area (Å²) in [5.74, 6) is 1.64. The standard InChI is InChI=1S/C13H24N4S.HI/c1-10(2)6-7-15-13(14-4)17(5)8-12-9-18-11(3)16-12;/h9-10H,6-8H2,1-5H3,(H,14,15);1H. The van der Waals surface area contributed by atoms with Crippen LogP contribution in [0, 0.1) is 12.8 Å². The molecule has 0 unspecified atom stereocenters. The molecule has 1 aromatic heterocycles. The molecule has 0 aliphatic carbocycles. The second-order valence-corrected chi connectivity index (χ2v) is 5.93. The van der Waals surface area contributed by atoms with Crippen LogP contribution >= 0.6 is 35.3 Å². The zero-order chi connectivity index (χ0) is 13.5. The Balaban J connectivity index is 0.00000324. The van der Waals surface area contributed by atoms with Gasteiger partial charge in [0.1, 0.15) is 0 Å². The van der Waals surface area contributed by atoms with E-state index in [0.717, 1.165) is 36.2 Å². The summed E-state index contributed by atoms with van der Waals surface area (Å²) in [6.45, 7) is 8.25. The van der Waals surface area contributed by atoms with Crippen molar-refractivity contribution >= 4 is 41.3 Å². The number of hydrogen-bond donors (Lipinski definition) is 1. The van der Waals surface area contributed by atoms with Gasteiger partial charge in [0.15, 0.2) is 5.96 Å². The Morgan fingerprint density at radius 1 is 1.53 bits per heavy atom. The minimum absolute atomic E-state index is 0.